The Morgan fingerprint density at radius 2 is 1.95 bits per heavy atom. The standard InChI is InChI=1S/C15H19F2NO2/c1-8(2)9-4-10(5-9)18-14-6-11(15(19)20-3)12(16)7-13(14)17/h6-10,18H,4-5H2,1-3H3. The van der Waals surface area contributed by atoms with Gasteiger partial charge in [0.1, 0.15) is 11.6 Å². The average Bonchev–Trinajstić information content (AvgIpc) is 2.33. The van der Waals surface area contributed by atoms with Crippen LogP contribution in [0.5, 0.6) is 0 Å². The van der Waals surface area contributed by atoms with Gasteiger partial charge in [0.25, 0.3) is 0 Å². The predicted molar refractivity (Wildman–Crippen MR) is 72.7 cm³/mol. The predicted octanol–water partition coefficient (Wildman–Crippen LogP) is 3.60. The number of carbonyl (C=O) groups is 1. The average molecular weight is 283 g/mol. The second-order valence-corrected chi connectivity index (χ2v) is 5.62. The highest BCUT2D eigenvalue weighted by atomic mass is 19.1. The molecular weight excluding hydrogens is 264 g/mol. The van der Waals surface area contributed by atoms with Crippen LogP contribution in [-0.4, -0.2) is 19.1 Å². The number of hydrogen-bond donors (Lipinski definition) is 1. The van der Waals surface area contributed by atoms with E-state index in [1.54, 1.807) is 0 Å². The zero-order valence-corrected chi connectivity index (χ0v) is 11.9. The number of methoxy groups -OCH3 is 1. The van der Waals surface area contributed by atoms with E-state index in [4.69, 9.17) is 0 Å². The summed E-state index contributed by atoms with van der Waals surface area (Å²) in [5.74, 6) is -1.16. The summed E-state index contributed by atoms with van der Waals surface area (Å²) in [5.41, 5.74) is -0.102. The van der Waals surface area contributed by atoms with Gasteiger partial charge >= 0.3 is 5.97 Å². The molecule has 2 rings (SSSR count). The molecule has 1 aliphatic carbocycles. The maximum Gasteiger partial charge on any atom is 0.340 e. The summed E-state index contributed by atoms with van der Waals surface area (Å²) in [6, 6.07) is 2.07. The Hall–Kier alpha value is -1.65. The highest BCUT2D eigenvalue weighted by Crippen LogP contribution is 2.36. The van der Waals surface area contributed by atoms with E-state index in [-0.39, 0.29) is 17.3 Å². The van der Waals surface area contributed by atoms with Gasteiger partial charge in [-0.25, -0.2) is 13.6 Å². The molecule has 0 bridgehead atoms. The van der Waals surface area contributed by atoms with Crippen LogP contribution in [0.15, 0.2) is 12.1 Å². The minimum Gasteiger partial charge on any atom is -0.465 e. The minimum absolute atomic E-state index is 0.152. The molecule has 110 valence electrons. The SMILES string of the molecule is COC(=O)c1cc(NC2CC(C(C)C)C2)c(F)cc1F. The summed E-state index contributed by atoms with van der Waals surface area (Å²) in [6.45, 7) is 4.32. The molecule has 1 saturated carbocycles. The number of anilines is 1. The van der Waals surface area contributed by atoms with Crippen molar-refractivity contribution in [2.24, 2.45) is 11.8 Å². The molecule has 0 aromatic heterocycles. The molecule has 0 spiro atoms. The lowest BCUT2D eigenvalue weighted by Crippen LogP contribution is -2.38. The van der Waals surface area contributed by atoms with Crippen LogP contribution >= 0.6 is 0 Å². The lowest BCUT2D eigenvalue weighted by Gasteiger charge is -2.39. The van der Waals surface area contributed by atoms with Crippen molar-refractivity contribution in [1.82, 2.24) is 0 Å². The summed E-state index contributed by atoms with van der Waals surface area (Å²) in [4.78, 5) is 11.4. The molecule has 1 aromatic carbocycles. The van der Waals surface area contributed by atoms with E-state index in [9.17, 15) is 13.6 Å². The monoisotopic (exact) mass is 283 g/mol. The largest absolute Gasteiger partial charge is 0.465 e. The number of hydrogen-bond acceptors (Lipinski definition) is 3. The first-order chi connectivity index (χ1) is 9.42. The van der Waals surface area contributed by atoms with Crippen LogP contribution in [0.3, 0.4) is 0 Å². The third-order valence-corrected chi connectivity index (χ3v) is 3.94. The lowest BCUT2D eigenvalue weighted by molar-refractivity contribution is 0.0595. The van der Waals surface area contributed by atoms with Gasteiger partial charge in [0.05, 0.1) is 18.4 Å². The summed E-state index contributed by atoms with van der Waals surface area (Å²) < 4.78 is 31.7. The third-order valence-electron chi connectivity index (χ3n) is 3.94. The second kappa shape index (κ2) is 5.77. The number of rotatable bonds is 4. The molecule has 0 amide bonds. The number of nitrogens with one attached hydrogen (secondary N) is 1. The van der Waals surface area contributed by atoms with Gasteiger partial charge in [0.2, 0.25) is 0 Å². The maximum atomic E-state index is 13.7. The Balaban J connectivity index is 2.10. The van der Waals surface area contributed by atoms with Gasteiger partial charge in [-0.3, -0.25) is 0 Å². The topological polar surface area (TPSA) is 38.3 Å². The number of benzene rings is 1. The van der Waals surface area contributed by atoms with Crippen LogP contribution in [0.2, 0.25) is 0 Å². The van der Waals surface area contributed by atoms with Crippen LogP contribution in [0, 0.1) is 23.5 Å². The number of carbonyl (C=O) groups excluding carboxylic acids is 1. The second-order valence-electron chi connectivity index (χ2n) is 5.62. The first-order valence-corrected chi connectivity index (χ1v) is 6.76. The van der Waals surface area contributed by atoms with Gasteiger partial charge < -0.3 is 10.1 Å². The molecule has 5 heteroatoms. The van der Waals surface area contributed by atoms with Gasteiger partial charge in [-0.15, -0.1) is 0 Å². The molecular formula is C15H19F2NO2. The van der Waals surface area contributed by atoms with E-state index in [1.165, 1.54) is 6.07 Å². The Labute approximate surface area is 117 Å². The first-order valence-electron chi connectivity index (χ1n) is 6.76. The van der Waals surface area contributed by atoms with Crippen molar-refractivity contribution in [3.63, 3.8) is 0 Å². The molecule has 20 heavy (non-hydrogen) atoms. The molecule has 0 radical (unpaired) electrons. The summed E-state index contributed by atoms with van der Waals surface area (Å²) in [7, 11) is 1.16. The molecule has 3 nitrogen and oxygen atoms in total. The van der Waals surface area contributed by atoms with Crippen molar-refractivity contribution >= 4 is 11.7 Å². The molecule has 1 aromatic rings. The molecule has 1 aliphatic rings. The highest BCUT2D eigenvalue weighted by Gasteiger charge is 2.31. The van der Waals surface area contributed by atoms with Crippen molar-refractivity contribution in [2.75, 3.05) is 12.4 Å². The Kier molecular flexibility index (Phi) is 4.26. The van der Waals surface area contributed by atoms with E-state index >= 15 is 0 Å². The van der Waals surface area contributed by atoms with Crippen molar-refractivity contribution in [2.45, 2.75) is 32.7 Å². The van der Waals surface area contributed by atoms with Gasteiger partial charge in [0.15, 0.2) is 0 Å². The van der Waals surface area contributed by atoms with E-state index in [0.29, 0.717) is 17.9 Å². The molecule has 0 aliphatic heterocycles. The Morgan fingerprint density at radius 1 is 1.30 bits per heavy atom. The molecule has 0 heterocycles. The van der Waals surface area contributed by atoms with Crippen LogP contribution < -0.4 is 5.32 Å². The first kappa shape index (κ1) is 14.8. The number of halogens is 2. The number of esters is 1. The Bertz CT molecular complexity index is 511. The molecule has 0 atom stereocenters. The highest BCUT2D eigenvalue weighted by molar-refractivity contribution is 5.90. The smallest absolute Gasteiger partial charge is 0.340 e. The lowest BCUT2D eigenvalue weighted by atomic mass is 9.73. The van der Waals surface area contributed by atoms with Crippen molar-refractivity contribution < 1.29 is 18.3 Å². The van der Waals surface area contributed by atoms with Crippen molar-refractivity contribution in [1.29, 1.82) is 0 Å². The normalized spacial score (nSPS) is 21.5. The molecule has 0 unspecified atom stereocenters. The van der Waals surface area contributed by atoms with Crippen LogP contribution in [-0.2, 0) is 4.74 Å². The van der Waals surface area contributed by atoms with Gasteiger partial charge in [0, 0.05) is 12.1 Å². The van der Waals surface area contributed by atoms with Crippen LogP contribution in [0.4, 0.5) is 14.5 Å². The zero-order valence-electron chi connectivity index (χ0n) is 11.9. The van der Waals surface area contributed by atoms with Crippen LogP contribution in [0.1, 0.15) is 37.0 Å². The fraction of sp³-hybridized carbons (Fsp3) is 0.533. The van der Waals surface area contributed by atoms with Crippen molar-refractivity contribution in [3.05, 3.63) is 29.3 Å². The van der Waals surface area contributed by atoms with E-state index in [0.717, 1.165) is 20.0 Å². The zero-order chi connectivity index (χ0) is 14.9. The maximum absolute atomic E-state index is 13.7. The van der Waals surface area contributed by atoms with E-state index in [2.05, 4.69) is 23.9 Å². The summed E-state index contributed by atoms with van der Waals surface area (Å²) in [6.07, 6.45) is 1.92. The van der Waals surface area contributed by atoms with E-state index in [1.807, 2.05) is 0 Å². The minimum atomic E-state index is -0.909. The fourth-order valence-corrected chi connectivity index (χ4v) is 2.47. The Morgan fingerprint density at radius 3 is 2.50 bits per heavy atom. The quantitative estimate of drug-likeness (QED) is 0.858. The van der Waals surface area contributed by atoms with Gasteiger partial charge in [-0.05, 0) is 30.7 Å². The number of ether oxygens (including phenoxy) is 1. The third kappa shape index (κ3) is 2.92. The van der Waals surface area contributed by atoms with Gasteiger partial charge in [-0.2, -0.15) is 0 Å². The summed E-state index contributed by atoms with van der Waals surface area (Å²) >= 11 is 0. The molecule has 1 fully saturated rings. The van der Waals surface area contributed by atoms with Crippen molar-refractivity contribution in [3.8, 4) is 0 Å². The van der Waals surface area contributed by atoms with E-state index < -0.39 is 17.6 Å². The fourth-order valence-electron chi connectivity index (χ4n) is 2.47. The molecule has 1 N–H and O–H groups in total. The molecule has 0 saturated heterocycles. The summed E-state index contributed by atoms with van der Waals surface area (Å²) in [5, 5.41) is 3.03. The van der Waals surface area contributed by atoms with Gasteiger partial charge in [-0.1, -0.05) is 13.8 Å². The van der Waals surface area contributed by atoms with Crippen LogP contribution in [0.25, 0.3) is 0 Å².